The van der Waals surface area contributed by atoms with Gasteiger partial charge in [-0.05, 0) is 12.0 Å². The van der Waals surface area contributed by atoms with Gasteiger partial charge >= 0.3 is 0 Å². The molecule has 0 atom stereocenters. The molecule has 1 aromatic rings. The molecular weight excluding hydrogens is 386 g/mol. The minimum Gasteiger partial charge on any atom is -0.483 e. The van der Waals surface area contributed by atoms with E-state index in [1.54, 1.807) is 7.11 Å². The van der Waals surface area contributed by atoms with Crippen LogP contribution in [0, 0.1) is 0 Å². The van der Waals surface area contributed by atoms with Crippen LogP contribution in [-0.4, -0.2) is 34.9 Å². The summed E-state index contributed by atoms with van der Waals surface area (Å²) in [6.07, 6.45) is 3.02. The van der Waals surface area contributed by atoms with Crippen LogP contribution >= 0.6 is 31.9 Å². The number of rotatable bonds is 7. The SMILES string of the molecule is COC1=CC(Br)(Br)CN1CCCOCc1ccccc1. The van der Waals surface area contributed by atoms with Crippen LogP contribution in [0.1, 0.15) is 12.0 Å². The van der Waals surface area contributed by atoms with E-state index in [2.05, 4.69) is 48.9 Å². The number of benzene rings is 1. The second-order valence-electron chi connectivity index (χ2n) is 4.76. The van der Waals surface area contributed by atoms with Crippen molar-refractivity contribution in [1.29, 1.82) is 0 Å². The molecule has 1 heterocycles. The van der Waals surface area contributed by atoms with Crippen LogP contribution in [0.15, 0.2) is 42.3 Å². The third kappa shape index (κ3) is 4.79. The van der Waals surface area contributed by atoms with Crippen LogP contribution in [-0.2, 0) is 16.1 Å². The fourth-order valence-electron chi connectivity index (χ4n) is 2.15. The molecule has 3 nitrogen and oxygen atoms in total. The summed E-state index contributed by atoms with van der Waals surface area (Å²) in [5.41, 5.74) is 1.21. The van der Waals surface area contributed by atoms with Crippen LogP contribution in [0.25, 0.3) is 0 Å². The Hall–Kier alpha value is -0.520. The van der Waals surface area contributed by atoms with E-state index >= 15 is 0 Å². The normalized spacial score (nSPS) is 17.1. The molecule has 0 amide bonds. The fraction of sp³-hybridized carbons (Fsp3) is 0.467. The van der Waals surface area contributed by atoms with Crippen LogP contribution in [0.3, 0.4) is 0 Å². The van der Waals surface area contributed by atoms with E-state index in [0.29, 0.717) is 6.61 Å². The summed E-state index contributed by atoms with van der Waals surface area (Å²) in [6, 6.07) is 10.2. The van der Waals surface area contributed by atoms with Crippen LogP contribution < -0.4 is 0 Å². The average Bonchev–Trinajstić information content (AvgIpc) is 2.74. The van der Waals surface area contributed by atoms with Gasteiger partial charge in [-0.25, -0.2) is 0 Å². The van der Waals surface area contributed by atoms with Gasteiger partial charge in [0.2, 0.25) is 0 Å². The zero-order chi connectivity index (χ0) is 14.4. The van der Waals surface area contributed by atoms with Gasteiger partial charge in [-0.15, -0.1) is 0 Å². The number of nitrogens with zero attached hydrogens (tertiary/aromatic N) is 1. The van der Waals surface area contributed by atoms with Gasteiger partial charge in [0.25, 0.3) is 0 Å². The number of hydrogen-bond acceptors (Lipinski definition) is 3. The van der Waals surface area contributed by atoms with Crippen LogP contribution in [0.4, 0.5) is 0 Å². The first-order valence-electron chi connectivity index (χ1n) is 6.62. The van der Waals surface area contributed by atoms with Crippen molar-refractivity contribution >= 4 is 31.9 Å². The maximum atomic E-state index is 5.69. The van der Waals surface area contributed by atoms with Crippen molar-refractivity contribution < 1.29 is 9.47 Å². The lowest BCUT2D eigenvalue weighted by Crippen LogP contribution is -2.27. The number of halogens is 2. The van der Waals surface area contributed by atoms with Gasteiger partial charge in [0.15, 0.2) is 5.88 Å². The van der Waals surface area contributed by atoms with Crippen molar-refractivity contribution in [3.8, 4) is 0 Å². The van der Waals surface area contributed by atoms with Gasteiger partial charge in [0, 0.05) is 25.8 Å². The largest absolute Gasteiger partial charge is 0.483 e. The zero-order valence-electron chi connectivity index (χ0n) is 11.5. The molecule has 1 aliphatic heterocycles. The van der Waals surface area contributed by atoms with Gasteiger partial charge < -0.3 is 14.4 Å². The first-order chi connectivity index (χ1) is 9.61. The highest BCUT2D eigenvalue weighted by Gasteiger charge is 2.33. The molecule has 110 valence electrons. The first kappa shape index (κ1) is 15.9. The molecule has 0 unspecified atom stereocenters. The van der Waals surface area contributed by atoms with Crippen molar-refractivity contribution in [2.24, 2.45) is 0 Å². The molecule has 0 saturated heterocycles. The molecule has 0 saturated carbocycles. The Kier molecular flexibility index (Phi) is 5.93. The molecule has 0 fully saturated rings. The highest BCUT2D eigenvalue weighted by molar-refractivity contribution is 9.25. The molecule has 0 bridgehead atoms. The van der Waals surface area contributed by atoms with E-state index in [1.807, 2.05) is 24.3 Å². The van der Waals surface area contributed by atoms with Crippen LogP contribution in [0.5, 0.6) is 0 Å². The molecule has 2 rings (SSSR count). The minimum absolute atomic E-state index is 0.170. The quantitative estimate of drug-likeness (QED) is 0.508. The molecule has 0 aliphatic carbocycles. The van der Waals surface area contributed by atoms with Crippen molar-refractivity contribution in [3.05, 3.63) is 47.9 Å². The van der Waals surface area contributed by atoms with Crippen molar-refractivity contribution in [1.82, 2.24) is 4.90 Å². The lowest BCUT2D eigenvalue weighted by Gasteiger charge is -2.22. The smallest absolute Gasteiger partial charge is 0.187 e. The predicted molar refractivity (Wildman–Crippen MR) is 88.0 cm³/mol. The Labute approximate surface area is 137 Å². The highest BCUT2D eigenvalue weighted by atomic mass is 79.9. The third-order valence-corrected chi connectivity index (χ3v) is 4.04. The Morgan fingerprint density at radius 3 is 2.70 bits per heavy atom. The minimum atomic E-state index is -0.170. The van der Waals surface area contributed by atoms with Crippen molar-refractivity contribution in [2.75, 3.05) is 26.8 Å². The standard InChI is InChI=1S/C15H19Br2NO2/c1-19-14-10-15(16,17)12-18(14)8-5-9-20-11-13-6-3-2-4-7-13/h2-4,6-7,10H,5,8-9,11-12H2,1H3. The van der Waals surface area contributed by atoms with Crippen LogP contribution in [0.2, 0.25) is 0 Å². The molecule has 0 spiro atoms. The van der Waals surface area contributed by atoms with Gasteiger partial charge in [-0.1, -0.05) is 62.2 Å². The predicted octanol–water partition coefficient (Wildman–Crippen LogP) is 3.88. The van der Waals surface area contributed by atoms with E-state index in [9.17, 15) is 0 Å². The molecular formula is C15H19Br2NO2. The molecule has 0 aromatic heterocycles. The van der Waals surface area contributed by atoms with E-state index in [1.165, 1.54) is 5.56 Å². The summed E-state index contributed by atoms with van der Waals surface area (Å²) >= 11 is 7.21. The van der Waals surface area contributed by atoms with Crippen molar-refractivity contribution in [3.63, 3.8) is 0 Å². The number of hydrogen-bond donors (Lipinski definition) is 0. The summed E-state index contributed by atoms with van der Waals surface area (Å²) < 4.78 is 10.9. The zero-order valence-corrected chi connectivity index (χ0v) is 14.7. The second kappa shape index (κ2) is 7.48. The summed E-state index contributed by atoms with van der Waals surface area (Å²) in [7, 11) is 1.70. The number of ether oxygens (including phenoxy) is 2. The molecule has 1 aliphatic rings. The fourth-order valence-corrected chi connectivity index (χ4v) is 3.15. The highest BCUT2D eigenvalue weighted by Crippen LogP contribution is 2.37. The summed E-state index contributed by atoms with van der Waals surface area (Å²) in [5.74, 6) is 0.904. The van der Waals surface area contributed by atoms with E-state index in [0.717, 1.165) is 32.0 Å². The van der Waals surface area contributed by atoms with Gasteiger partial charge in [-0.3, -0.25) is 0 Å². The number of alkyl halides is 2. The van der Waals surface area contributed by atoms with E-state index in [4.69, 9.17) is 9.47 Å². The summed E-state index contributed by atoms with van der Waals surface area (Å²) in [6.45, 7) is 3.21. The second-order valence-corrected chi connectivity index (χ2v) is 8.66. The van der Waals surface area contributed by atoms with Gasteiger partial charge in [-0.2, -0.15) is 0 Å². The van der Waals surface area contributed by atoms with E-state index in [-0.39, 0.29) is 3.23 Å². The molecule has 5 heteroatoms. The molecule has 20 heavy (non-hydrogen) atoms. The lowest BCUT2D eigenvalue weighted by atomic mass is 10.2. The Bertz CT molecular complexity index is 448. The summed E-state index contributed by atoms with van der Waals surface area (Å²) in [4.78, 5) is 2.20. The topological polar surface area (TPSA) is 21.7 Å². The molecule has 1 aromatic carbocycles. The van der Waals surface area contributed by atoms with Gasteiger partial charge in [0.1, 0.15) is 3.23 Å². The Morgan fingerprint density at radius 2 is 2.00 bits per heavy atom. The monoisotopic (exact) mass is 403 g/mol. The van der Waals surface area contributed by atoms with Gasteiger partial charge in [0.05, 0.1) is 13.7 Å². The Morgan fingerprint density at radius 1 is 1.25 bits per heavy atom. The maximum Gasteiger partial charge on any atom is 0.187 e. The van der Waals surface area contributed by atoms with E-state index < -0.39 is 0 Å². The number of methoxy groups -OCH3 is 1. The maximum absolute atomic E-state index is 5.69. The Balaban J connectivity index is 1.66. The lowest BCUT2D eigenvalue weighted by molar-refractivity contribution is 0.103. The molecule has 0 N–H and O–H groups in total. The first-order valence-corrected chi connectivity index (χ1v) is 8.20. The summed E-state index contributed by atoms with van der Waals surface area (Å²) in [5, 5.41) is 0. The van der Waals surface area contributed by atoms with Crippen molar-refractivity contribution in [2.45, 2.75) is 16.3 Å². The molecule has 0 radical (unpaired) electrons. The third-order valence-electron chi connectivity index (χ3n) is 3.09. The average molecular weight is 405 g/mol.